The topological polar surface area (TPSA) is 214 Å². The third-order valence-electron chi connectivity index (χ3n) is 9.91. The highest BCUT2D eigenvalue weighted by atomic mass is 16.6. The van der Waals surface area contributed by atoms with Gasteiger partial charge in [0.05, 0.1) is 36.6 Å². The molecule has 12 atom stereocenters. The Morgan fingerprint density at radius 1 is 0.791 bits per heavy atom. The zero-order valence-corrected chi connectivity index (χ0v) is 26.5. The first-order valence-electron chi connectivity index (χ1n) is 16.5. The van der Waals surface area contributed by atoms with E-state index in [1.807, 2.05) is 27.7 Å². The zero-order chi connectivity index (χ0) is 34.8. The molecule has 0 aromatic carbocycles. The summed E-state index contributed by atoms with van der Waals surface area (Å²) in [7, 11) is 0. The average Bonchev–Trinajstić information content (AvgIpc) is 2.94. The van der Waals surface area contributed by atoms with Crippen LogP contribution in [-0.2, 0) is 19.1 Å². The van der Waals surface area contributed by atoms with Crippen molar-refractivity contribution in [2.45, 2.75) is 148 Å². The van der Waals surface area contributed by atoms with Crippen LogP contribution in [0, 0.1) is 35.0 Å². The number of hydrogen-bond acceptors (Lipinski definition) is 10. The van der Waals surface area contributed by atoms with Crippen LogP contribution in [0.25, 0.3) is 0 Å². The molecule has 0 bridgehead atoms. The van der Waals surface area contributed by atoms with Gasteiger partial charge in [0.1, 0.15) is 12.2 Å². The van der Waals surface area contributed by atoms with Crippen molar-refractivity contribution in [3.8, 4) is 0 Å². The SMILES string of the molecule is [2H]CC(O)C(O)C1OC(CC(C)(CC2(C(=O)O)CC(O)C(C)C(C(O)C(O)C[2H])O2)C(C(C)C)C(C)C)(C(=O)O)CC(O)C1C. The summed E-state index contributed by atoms with van der Waals surface area (Å²) in [5, 5.41) is 85.7. The van der Waals surface area contributed by atoms with Gasteiger partial charge in [0.15, 0.2) is 11.2 Å². The second-order valence-corrected chi connectivity index (χ2v) is 14.2. The summed E-state index contributed by atoms with van der Waals surface area (Å²) >= 11 is 0. The summed E-state index contributed by atoms with van der Waals surface area (Å²) in [6.45, 7) is 11.3. The van der Waals surface area contributed by atoms with Crippen LogP contribution in [0.15, 0.2) is 0 Å². The Labute approximate surface area is 257 Å². The highest BCUT2D eigenvalue weighted by Crippen LogP contribution is 2.54. The van der Waals surface area contributed by atoms with Crippen molar-refractivity contribution >= 4 is 11.9 Å². The van der Waals surface area contributed by atoms with E-state index in [-0.39, 0.29) is 30.6 Å². The first kappa shape index (κ1) is 34.5. The number of rotatable bonds is 13. The molecule has 252 valence electrons. The van der Waals surface area contributed by atoms with Crippen molar-refractivity contribution in [3.05, 3.63) is 0 Å². The summed E-state index contributed by atoms with van der Waals surface area (Å²) in [4.78, 5) is 26.3. The molecule has 0 aromatic rings. The quantitative estimate of drug-likeness (QED) is 0.146. The van der Waals surface area contributed by atoms with Gasteiger partial charge in [-0.1, -0.05) is 48.5 Å². The van der Waals surface area contributed by atoms with Crippen molar-refractivity contribution in [1.82, 2.24) is 0 Å². The molecule has 43 heavy (non-hydrogen) atoms. The minimum absolute atomic E-state index is 0.135. The number of aliphatic hydroxyl groups is 6. The van der Waals surface area contributed by atoms with Gasteiger partial charge in [-0.15, -0.1) is 0 Å². The Morgan fingerprint density at radius 3 is 1.37 bits per heavy atom. The van der Waals surface area contributed by atoms with E-state index in [4.69, 9.17) is 12.2 Å². The fraction of sp³-hybridized carbons (Fsp3) is 0.935. The van der Waals surface area contributed by atoms with Gasteiger partial charge in [0.25, 0.3) is 0 Å². The zero-order valence-electron chi connectivity index (χ0n) is 28.5. The van der Waals surface area contributed by atoms with Crippen molar-refractivity contribution in [1.29, 1.82) is 0 Å². The van der Waals surface area contributed by atoms with Crippen LogP contribution in [0.2, 0.25) is 0 Å². The van der Waals surface area contributed by atoms with E-state index >= 15 is 0 Å². The average molecular weight is 623 g/mol. The molecular weight excluding hydrogens is 564 g/mol. The first-order valence-corrected chi connectivity index (χ1v) is 15.1. The number of aliphatic hydroxyl groups excluding tert-OH is 6. The molecule has 0 amide bonds. The number of carbonyl (C=O) groups is 2. The molecule has 0 aromatic heterocycles. The van der Waals surface area contributed by atoms with Crippen molar-refractivity contribution < 1.29 is 62.7 Å². The third-order valence-corrected chi connectivity index (χ3v) is 9.91. The van der Waals surface area contributed by atoms with Gasteiger partial charge in [-0.25, -0.2) is 9.59 Å². The minimum atomic E-state index is -2.16. The van der Waals surface area contributed by atoms with E-state index in [1.54, 1.807) is 20.8 Å². The summed E-state index contributed by atoms with van der Waals surface area (Å²) in [6.07, 6.45) is -13.3. The molecule has 2 saturated heterocycles. The van der Waals surface area contributed by atoms with Crippen molar-refractivity contribution in [2.75, 3.05) is 0 Å². The lowest BCUT2D eigenvalue weighted by Crippen LogP contribution is -2.64. The fourth-order valence-electron chi connectivity index (χ4n) is 8.15. The summed E-state index contributed by atoms with van der Waals surface area (Å²) < 4.78 is 27.3. The number of hydrogen-bond donors (Lipinski definition) is 8. The minimum Gasteiger partial charge on any atom is -0.479 e. The maximum absolute atomic E-state index is 13.1. The Hall–Kier alpha value is -1.38. The van der Waals surface area contributed by atoms with Crippen LogP contribution in [0.3, 0.4) is 0 Å². The molecule has 2 aliphatic heterocycles. The molecule has 0 radical (unpaired) electrons. The molecule has 2 heterocycles. The highest BCUT2D eigenvalue weighted by Gasteiger charge is 2.61. The number of ether oxygens (including phenoxy) is 2. The Bertz CT molecular complexity index is 928. The normalized spacial score (nSPS) is 38.6. The van der Waals surface area contributed by atoms with E-state index < -0.39 is 116 Å². The predicted molar refractivity (Wildman–Crippen MR) is 156 cm³/mol. The number of carboxylic acids is 2. The highest BCUT2D eigenvalue weighted by molar-refractivity contribution is 5.79. The van der Waals surface area contributed by atoms with Crippen molar-refractivity contribution in [2.24, 2.45) is 35.0 Å². The lowest BCUT2D eigenvalue weighted by molar-refractivity contribution is -0.259. The van der Waals surface area contributed by atoms with Gasteiger partial charge < -0.3 is 50.3 Å². The second kappa shape index (κ2) is 13.9. The monoisotopic (exact) mass is 622 g/mol. The van der Waals surface area contributed by atoms with E-state index in [2.05, 4.69) is 0 Å². The van der Waals surface area contributed by atoms with E-state index in [1.165, 1.54) is 0 Å². The van der Waals surface area contributed by atoms with Gasteiger partial charge in [-0.05, 0) is 49.8 Å². The molecular formula is C31H56O12. The molecule has 12 heteroatoms. The van der Waals surface area contributed by atoms with Crippen LogP contribution in [-0.4, -0.2) is 113 Å². The van der Waals surface area contributed by atoms with E-state index in [9.17, 15) is 50.4 Å². The van der Waals surface area contributed by atoms with Crippen LogP contribution < -0.4 is 0 Å². The molecule has 0 saturated carbocycles. The first-order chi connectivity index (χ1) is 20.6. The molecule has 0 aliphatic carbocycles. The lowest BCUT2D eigenvalue weighted by Gasteiger charge is -2.55. The molecule has 12 unspecified atom stereocenters. The van der Waals surface area contributed by atoms with Crippen LogP contribution in [0.4, 0.5) is 0 Å². The molecule has 0 spiro atoms. The molecule has 2 aliphatic rings. The molecule has 12 nitrogen and oxygen atoms in total. The standard InChI is InChI=1S/C31H56O12/c1-14(2)22(15(3)4)29(9,12-30(27(38)39)10-20(34)16(5)25(42-30)23(36)18(7)32)13-31(28(40)41)11-21(35)17(6)26(43-31)24(37)19(8)33/h14-26,32-37H,10-13H2,1-9H3,(H,38,39)(H,40,41)/i7D,8D. The van der Waals surface area contributed by atoms with E-state index in [0.717, 1.165) is 0 Å². The summed E-state index contributed by atoms with van der Waals surface area (Å²) in [5.41, 5.74) is -5.57. The van der Waals surface area contributed by atoms with Gasteiger partial charge in [-0.2, -0.15) is 0 Å². The molecule has 2 rings (SSSR count). The van der Waals surface area contributed by atoms with Gasteiger partial charge >= 0.3 is 11.9 Å². The number of carboxylic acid groups (broad SMARTS) is 2. The lowest BCUT2D eigenvalue weighted by atomic mass is 9.56. The predicted octanol–water partition coefficient (Wildman–Crippen LogP) is 1.40. The third kappa shape index (κ3) is 7.71. The smallest absolute Gasteiger partial charge is 0.336 e. The number of aliphatic carboxylic acids is 2. The van der Waals surface area contributed by atoms with Gasteiger partial charge in [-0.3, -0.25) is 0 Å². The molecule has 2 fully saturated rings. The molecule has 8 N–H and O–H groups in total. The van der Waals surface area contributed by atoms with Crippen LogP contribution in [0.5, 0.6) is 0 Å². The maximum atomic E-state index is 13.1. The maximum Gasteiger partial charge on any atom is 0.336 e. The summed E-state index contributed by atoms with van der Waals surface area (Å²) in [5.74, 6) is -5.18. The van der Waals surface area contributed by atoms with Crippen molar-refractivity contribution in [3.63, 3.8) is 0 Å². The van der Waals surface area contributed by atoms with E-state index in [0.29, 0.717) is 0 Å². The van der Waals surface area contributed by atoms with Gasteiger partial charge in [0, 0.05) is 27.4 Å². The Balaban J connectivity index is 2.75. The largest absolute Gasteiger partial charge is 0.479 e. The Morgan fingerprint density at radius 2 is 1.12 bits per heavy atom. The Kier molecular flexibility index (Phi) is 11.2. The van der Waals surface area contributed by atoms with Gasteiger partial charge in [0.2, 0.25) is 0 Å². The van der Waals surface area contributed by atoms with Crippen LogP contribution >= 0.6 is 0 Å². The van der Waals surface area contributed by atoms with Crippen LogP contribution in [0.1, 0.15) is 90.7 Å². The second-order valence-electron chi connectivity index (χ2n) is 14.2. The fourth-order valence-corrected chi connectivity index (χ4v) is 8.15. The summed E-state index contributed by atoms with van der Waals surface area (Å²) in [6, 6.07) is 0.